The summed E-state index contributed by atoms with van der Waals surface area (Å²) < 4.78 is 5.30. The van der Waals surface area contributed by atoms with Crippen molar-refractivity contribution in [1.29, 1.82) is 0 Å². The third kappa shape index (κ3) is 11.0. The lowest BCUT2D eigenvalue weighted by Crippen LogP contribution is -2.47. The SMILES string of the molecule is CC.COC1=CC=C(CN(CCN/C=C(\N)C2=CC=CC=CC2)C(=O)C(N)Cc2c(C)cc(C(N)=O)cc2C)C=C(C(=O)O)C1. The first-order chi connectivity index (χ1) is 21.5. The first-order valence-corrected chi connectivity index (χ1v) is 15.0. The number of allylic oxidation sites excluding steroid dienone is 9. The van der Waals surface area contributed by atoms with Crippen LogP contribution in [-0.4, -0.2) is 60.6 Å². The lowest BCUT2D eigenvalue weighted by atomic mass is 9.93. The molecule has 242 valence electrons. The summed E-state index contributed by atoms with van der Waals surface area (Å²) in [7, 11) is 1.49. The number of nitrogens with zero attached hydrogens (tertiary/aromatic N) is 1. The van der Waals surface area contributed by atoms with Gasteiger partial charge in [0.2, 0.25) is 11.8 Å². The van der Waals surface area contributed by atoms with Gasteiger partial charge in [-0.3, -0.25) is 9.59 Å². The fourth-order valence-corrected chi connectivity index (χ4v) is 4.90. The van der Waals surface area contributed by atoms with Gasteiger partial charge in [0.15, 0.2) is 0 Å². The van der Waals surface area contributed by atoms with Gasteiger partial charge >= 0.3 is 5.97 Å². The number of methoxy groups -OCH3 is 1. The average molecular weight is 618 g/mol. The maximum atomic E-state index is 13.8. The molecule has 0 radical (unpaired) electrons. The Hall–Kier alpha value is -4.83. The molecule has 2 aliphatic carbocycles. The Bertz CT molecular complexity index is 1440. The van der Waals surface area contributed by atoms with E-state index in [9.17, 15) is 19.5 Å². The van der Waals surface area contributed by atoms with E-state index in [-0.39, 0.29) is 37.4 Å². The van der Waals surface area contributed by atoms with Crippen LogP contribution in [0.2, 0.25) is 0 Å². The number of aryl methyl sites for hydroxylation is 2. The van der Waals surface area contributed by atoms with Gasteiger partial charge in [0.05, 0.1) is 18.8 Å². The minimum absolute atomic E-state index is 0.130. The van der Waals surface area contributed by atoms with Crippen LogP contribution in [0.3, 0.4) is 0 Å². The highest BCUT2D eigenvalue weighted by molar-refractivity contribution is 5.93. The lowest BCUT2D eigenvalue weighted by Gasteiger charge is -2.27. The number of rotatable bonds is 13. The topological polar surface area (TPSA) is 174 Å². The zero-order valence-corrected chi connectivity index (χ0v) is 26.9. The number of primary amides is 1. The molecule has 0 bridgehead atoms. The number of carbonyl (C=O) groups excluding carboxylic acids is 2. The Balaban J connectivity index is 0.00000345. The van der Waals surface area contributed by atoms with Crippen LogP contribution in [0.4, 0.5) is 0 Å². The number of nitrogens with one attached hydrogen (secondary N) is 1. The average Bonchev–Trinajstić information content (AvgIpc) is 3.42. The molecule has 2 aliphatic rings. The summed E-state index contributed by atoms with van der Waals surface area (Å²) in [5, 5.41) is 12.9. The molecule has 3 rings (SSSR count). The third-order valence-corrected chi connectivity index (χ3v) is 7.30. The predicted molar refractivity (Wildman–Crippen MR) is 179 cm³/mol. The van der Waals surface area contributed by atoms with Crippen molar-refractivity contribution in [3.05, 3.63) is 117 Å². The van der Waals surface area contributed by atoms with E-state index in [0.717, 1.165) is 22.3 Å². The first kappa shape index (κ1) is 36.4. The Morgan fingerprint density at radius 2 is 1.73 bits per heavy atom. The molecule has 2 amide bonds. The van der Waals surface area contributed by atoms with Gasteiger partial charge in [0, 0.05) is 43.4 Å². The largest absolute Gasteiger partial charge is 0.501 e. The Labute approximate surface area is 266 Å². The fraction of sp³-hybridized carbons (Fsp3) is 0.343. The van der Waals surface area contributed by atoms with Crippen LogP contribution in [0, 0.1) is 13.8 Å². The summed E-state index contributed by atoms with van der Waals surface area (Å²) in [6.45, 7) is 8.51. The van der Waals surface area contributed by atoms with E-state index >= 15 is 0 Å². The monoisotopic (exact) mass is 617 g/mol. The van der Waals surface area contributed by atoms with E-state index in [2.05, 4.69) is 5.32 Å². The van der Waals surface area contributed by atoms with Crippen molar-refractivity contribution in [2.24, 2.45) is 17.2 Å². The smallest absolute Gasteiger partial charge is 0.332 e. The highest BCUT2D eigenvalue weighted by Gasteiger charge is 2.24. The van der Waals surface area contributed by atoms with Gasteiger partial charge in [-0.15, -0.1) is 0 Å². The van der Waals surface area contributed by atoms with Crippen molar-refractivity contribution in [2.75, 3.05) is 26.7 Å². The van der Waals surface area contributed by atoms with Gasteiger partial charge in [-0.2, -0.15) is 0 Å². The van der Waals surface area contributed by atoms with E-state index in [1.165, 1.54) is 7.11 Å². The molecule has 8 N–H and O–H groups in total. The van der Waals surface area contributed by atoms with Crippen LogP contribution in [0.5, 0.6) is 0 Å². The van der Waals surface area contributed by atoms with E-state index < -0.39 is 17.9 Å². The molecule has 0 heterocycles. The normalized spacial score (nSPS) is 15.1. The molecular weight excluding hydrogens is 570 g/mol. The zero-order chi connectivity index (χ0) is 33.5. The predicted octanol–water partition coefficient (Wildman–Crippen LogP) is 3.83. The summed E-state index contributed by atoms with van der Waals surface area (Å²) in [6, 6.07) is 2.51. The quantitative estimate of drug-likeness (QED) is 0.208. The minimum atomic E-state index is -1.06. The van der Waals surface area contributed by atoms with E-state index in [1.54, 1.807) is 41.5 Å². The van der Waals surface area contributed by atoms with Gasteiger partial charge in [-0.25, -0.2) is 4.79 Å². The second kappa shape index (κ2) is 18.1. The Morgan fingerprint density at radius 1 is 1.04 bits per heavy atom. The van der Waals surface area contributed by atoms with Crippen LogP contribution in [0.25, 0.3) is 0 Å². The highest BCUT2D eigenvalue weighted by Crippen LogP contribution is 2.22. The van der Waals surface area contributed by atoms with Gasteiger partial charge in [0.25, 0.3) is 0 Å². The summed E-state index contributed by atoms with van der Waals surface area (Å²) in [5.41, 5.74) is 23.5. The Morgan fingerprint density at radius 3 is 2.36 bits per heavy atom. The number of benzene rings is 1. The molecule has 45 heavy (non-hydrogen) atoms. The summed E-state index contributed by atoms with van der Waals surface area (Å²) in [6.07, 6.45) is 17.6. The lowest BCUT2D eigenvalue weighted by molar-refractivity contribution is -0.133. The molecule has 0 fully saturated rings. The van der Waals surface area contributed by atoms with E-state index in [4.69, 9.17) is 21.9 Å². The molecule has 0 saturated heterocycles. The van der Waals surface area contributed by atoms with Crippen molar-refractivity contribution in [1.82, 2.24) is 10.2 Å². The summed E-state index contributed by atoms with van der Waals surface area (Å²) in [4.78, 5) is 38.9. The summed E-state index contributed by atoms with van der Waals surface area (Å²) >= 11 is 0. The van der Waals surface area contributed by atoms with Crippen LogP contribution >= 0.6 is 0 Å². The van der Waals surface area contributed by atoms with Crippen molar-refractivity contribution < 1.29 is 24.2 Å². The minimum Gasteiger partial charge on any atom is -0.501 e. The van der Waals surface area contributed by atoms with Crippen LogP contribution in [-0.2, 0) is 20.7 Å². The van der Waals surface area contributed by atoms with Crippen molar-refractivity contribution in [3.8, 4) is 0 Å². The van der Waals surface area contributed by atoms with Crippen molar-refractivity contribution in [3.63, 3.8) is 0 Å². The number of amides is 2. The molecule has 10 heteroatoms. The van der Waals surface area contributed by atoms with Crippen LogP contribution < -0.4 is 22.5 Å². The Kier molecular flexibility index (Phi) is 14.6. The van der Waals surface area contributed by atoms with Crippen molar-refractivity contribution >= 4 is 17.8 Å². The molecule has 0 spiro atoms. The van der Waals surface area contributed by atoms with Crippen molar-refractivity contribution in [2.45, 2.75) is 53.0 Å². The number of carboxylic acids is 1. The molecule has 1 aromatic rings. The fourth-order valence-electron chi connectivity index (χ4n) is 4.90. The van der Waals surface area contributed by atoms with Gasteiger partial charge in [-0.05, 0) is 78.8 Å². The van der Waals surface area contributed by atoms with Crippen LogP contribution in [0.1, 0.15) is 53.7 Å². The van der Waals surface area contributed by atoms with Gasteiger partial charge in [0.1, 0.15) is 5.76 Å². The molecule has 10 nitrogen and oxygen atoms in total. The molecule has 0 aromatic heterocycles. The molecular formula is C35H47N5O5. The van der Waals surface area contributed by atoms with Gasteiger partial charge < -0.3 is 37.3 Å². The number of nitrogens with two attached hydrogens (primary N) is 3. The molecule has 0 saturated carbocycles. The maximum Gasteiger partial charge on any atom is 0.332 e. The number of ether oxygens (including phenoxy) is 1. The van der Waals surface area contributed by atoms with Gasteiger partial charge in [-0.1, -0.05) is 50.3 Å². The number of carboxylic acid groups (broad SMARTS) is 1. The second-order valence-corrected chi connectivity index (χ2v) is 10.5. The number of carbonyl (C=O) groups is 3. The molecule has 1 unspecified atom stereocenters. The standard InChI is InChI=1S/C33H41N5O5.C2H6/c1-21-14-25(31(36)39)15-22(2)28(21)18-29(34)32(40)38(13-12-37-19-30(35)24-8-6-4-5-7-9-24)20-23-10-11-27(43-3)17-26(16-23)33(41)42;1-2/h4-8,10-11,14-16,19,29,37H,9,12-13,17-18,20,34-35H2,1-3H3,(H2,36,39)(H,41,42);1-2H3/b30-19-;. The van der Waals surface area contributed by atoms with E-state index in [1.807, 2.05) is 58.1 Å². The zero-order valence-electron chi connectivity index (χ0n) is 26.9. The maximum absolute atomic E-state index is 13.8. The second-order valence-electron chi connectivity index (χ2n) is 10.5. The first-order valence-electron chi connectivity index (χ1n) is 15.0. The highest BCUT2D eigenvalue weighted by atomic mass is 16.5. The van der Waals surface area contributed by atoms with E-state index in [0.29, 0.717) is 35.6 Å². The number of hydrogen-bond donors (Lipinski definition) is 5. The molecule has 0 aliphatic heterocycles. The van der Waals surface area contributed by atoms with Crippen LogP contribution in [0.15, 0.2) is 95.1 Å². The molecule has 1 aromatic carbocycles. The number of hydrogen-bond acceptors (Lipinski definition) is 7. The summed E-state index contributed by atoms with van der Waals surface area (Å²) in [5.74, 6) is -1.38. The third-order valence-electron chi connectivity index (χ3n) is 7.30. The number of aliphatic carboxylic acids is 1. The molecule has 1 atom stereocenters.